The van der Waals surface area contributed by atoms with Gasteiger partial charge in [-0.05, 0) is 35.2 Å². The van der Waals surface area contributed by atoms with Crippen molar-refractivity contribution in [2.45, 2.75) is 6.54 Å². The number of aromatic carboxylic acids is 1. The molecule has 0 saturated carbocycles. The van der Waals surface area contributed by atoms with E-state index in [1.807, 2.05) is 17.5 Å². The van der Waals surface area contributed by atoms with Crippen molar-refractivity contribution >= 4 is 43.9 Å². The van der Waals surface area contributed by atoms with E-state index in [1.54, 1.807) is 29.5 Å². The minimum atomic E-state index is -0.971. The van der Waals surface area contributed by atoms with Crippen molar-refractivity contribution in [3.8, 4) is 0 Å². The second-order valence-corrected chi connectivity index (χ2v) is 6.48. The Hall–Kier alpha value is -2.18. The number of amides is 1. The molecular formula is C15H11NO3S2. The predicted octanol–water partition coefficient (Wildman–Crippen LogP) is 3.59. The van der Waals surface area contributed by atoms with Crippen molar-refractivity contribution in [1.29, 1.82) is 0 Å². The molecule has 0 aliphatic heterocycles. The van der Waals surface area contributed by atoms with E-state index in [4.69, 9.17) is 5.11 Å². The average Bonchev–Trinajstić information content (AvgIpc) is 3.06. The van der Waals surface area contributed by atoms with Gasteiger partial charge in [0.05, 0.1) is 10.4 Å². The summed E-state index contributed by atoms with van der Waals surface area (Å²) in [4.78, 5) is 23.7. The van der Waals surface area contributed by atoms with Crippen LogP contribution in [0.5, 0.6) is 0 Å². The minimum Gasteiger partial charge on any atom is -0.478 e. The average molecular weight is 317 g/mol. The summed E-state index contributed by atoms with van der Waals surface area (Å²) >= 11 is 3.07. The van der Waals surface area contributed by atoms with E-state index in [0.29, 0.717) is 11.4 Å². The Kier molecular flexibility index (Phi) is 3.72. The smallest absolute Gasteiger partial charge is 0.335 e. The van der Waals surface area contributed by atoms with Crippen molar-refractivity contribution in [3.63, 3.8) is 0 Å². The molecule has 0 bridgehead atoms. The lowest BCUT2D eigenvalue weighted by atomic mass is 10.1. The third-order valence-corrected chi connectivity index (χ3v) is 5.08. The molecule has 106 valence electrons. The number of carboxylic acids is 1. The molecule has 6 heteroatoms. The van der Waals surface area contributed by atoms with Crippen LogP contribution in [0.2, 0.25) is 0 Å². The fraction of sp³-hybridized carbons (Fsp3) is 0.0667. The lowest BCUT2D eigenvalue weighted by Gasteiger charge is -2.04. The van der Waals surface area contributed by atoms with Crippen LogP contribution in [-0.4, -0.2) is 17.0 Å². The van der Waals surface area contributed by atoms with Gasteiger partial charge in [0.2, 0.25) is 0 Å². The van der Waals surface area contributed by atoms with E-state index in [1.165, 1.54) is 17.4 Å². The van der Waals surface area contributed by atoms with Gasteiger partial charge < -0.3 is 10.4 Å². The Balaban J connectivity index is 1.69. The maximum Gasteiger partial charge on any atom is 0.335 e. The predicted molar refractivity (Wildman–Crippen MR) is 84.3 cm³/mol. The number of thiophene rings is 2. The van der Waals surface area contributed by atoms with Crippen molar-refractivity contribution in [1.82, 2.24) is 5.32 Å². The molecule has 0 aliphatic carbocycles. The topological polar surface area (TPSA) is 66.4 Å². The van der Waals surface area contributed by atoms with Crippen LogP contribution in [0.25, 0.3) is 9.40 Å². The molecule has 0 unspecified atom stereocenters. The van der Waals surface area contributed by atoms with Crippen molar-refractivity contribution in [3.05, 3.63) is 57.8 Å². The van der Waals surface area contributed by atoms with Gasteiger partial charge in [-0.25, -0.2) is 4.79 Å². The van der Waals surface area contributed by atoms with Crippen LogP contribution in [0, 0.1) is 0 Å². The highest BCUT2D eigenvalue weighted by Gasteiger charge is 2.11. The standard InChI is InChI=1S/C15H11NO3S2/c17-14(13-7-12-11(21-13)4-5-20-12)16-8-9-2-1-3-10(6-9)15(18)19/h1-7H,8H2,(H,16,17)(H,18,19). The third-order valence-electron chi connectivity index (χ3n) is 2.99. The van der Waals surface area contributed by atoms with E-state index in [2.05, 4.69) is 5.32 Å². The van der Waals surface area contributed by atoms with Gasteiger partial charge in [-0.2, -0.15) is 0 Å². The highest BCUT2D eigenvalue weighted by molar-refractivity contribution is 7.27. The highest BCUT2D eigenvalue weighted by atomic mass is 32.1. The van der Waals surface area contributed by atoms with Crippen molar-refractivity contribution in [2.24, 2.45) is 0 Å². The Labute approximate surface area is 128 Å². The van der Waals surface area contributed by atoms with Crippen LogP contribution in [0.1, 0.15) is 25.6 Å². The van der Waals surface area contributed by atoms with E-state index < -0.39 is 5.97 Å². The molecule has 3 aromatic rings. The zero-order valence-electron chi connectivity index (χ0n) is 10.8. The Morgan fingerprint density at radius 2 is 2.00 bits per heavy atom. The first-order valence-electron chi connectivity index (χ1n) is 6.21. The van der Waals surface area contributed by atoms with E-state index in [9.17, 15) is 9.59 Å². The third kappa shape index (κ3) is 2.96. The Bertz CT molecular complexity index is 791. The number of rotatable bonds is 4. The highest BCUT2D eigenvalue weighted by Crippen LogP contribution is 2.29. The summed E-state index contributed by atoms with van der Waals surface area (Å²) < 4.78 is 2.22. The number of hydrogen-bond acceptors (Lipinski definition) is 4. The van der Waals surface area contributed by atoms with Crippen LogP contribution in [0.15, 0.2) is 41.8 Å². The van der Waals surface area contributed by atoms with E-state index in [0.717, 1.165) is 15.0 Å². The molecule has 0 fully saturated rings. The summed E-state index contributed by atoms with van der Waals surface area (Å²) in [7, 11) is 0. The molecule has 2 aromatic heterocycles. The van der Waals surface area contributed by atoms with Gasteiger partial charge >= 0.3 is 5.97 Å². The van der Waals surface area contributed by atoms with Gasteiger partial charge in [0.1, 0.15) is 0 Å². The molecule has 0 spiro atoms. The fourth-order valence-electron chi connectivity index (χ4n) is 1.96. The number of carbonyl (C=O) groups excluding carboxylic acids is 1. The van der Waals surface area contributed by atoms with Crippen LogP contribution < -0.4 is 5.32 Å². The number of nitrogens with one attached hydrogen (secondary N) is 1. The van der Waals surface area contributed by atoms with Crippen LogP contribution in [-0.2, 0) is 6.54 Å². The second-order valence-electron chi connectivity index (χ2n) is 4.45. The monoisotopic (exact) mass is 317 g/mol. The first-order chi connectivity index (χ1) is 10.1. The zero-order chi connectivity index (χ0) is 14.8. The number of hydrogen-bond donors (Lipinski definition) is 2. The summed E-state index contributed by atoms with van der Waals surface area (Å²) in [6.07, 6.45) is 0. The number of carbonyl (C=O) groups is 2. The summed E-state index contributed by atoms with van der Waals surface area (Å²) in [5.74, 6) is -1.11. The number of benzene rings is 1. The largest absolute Gasteiger partial charge is 0.478 e. The zero-order valence-corrected chi connectivity index (χ0v) is 12.5. The maximum atomic E-state index is 12.1. The van der Waals surface area contributed by atoms with Gasteiger partial charge in [0.15, 0.2) is 0 Å². The van der Waals surface area contributed by atoms with Gasteiger partial charge in [-0.1, -0.05) is 12.1 Å². The maximum absolute atomic E-state index is 12.1. The summed E-state index contributed by atoms with van der Waals surface area (Å²) in [5.41, 5.74) is 0.986. The molecule has 3 rings (SSSR count). The summed E-state index contributed by atoms with van der Waals surface area (Å²) in [6, 6.07) is 10.4. The molecule has 0 atom stereocenters. The van der Waals surface area contributed by atoms with Crippen LogP contribution in [0.4, 0.5) is 0 Å². The summed E-state index contributed by atoms with van der Waals surface area (Å²) in [6.45, 7) is 0.311. The molecular weight excluding hydrogens is 306 g/mol. The van der Waals surface area contributed by atoms with Crippen molar-refractivity contribution in [2.75, 3.05) is 0 Å². The normalized spacial score (nSPS) is 10.7. The SMILES string of the molecule is O=C(O)c1cccc(CNC(=O)c2cc3sccc3s2)c1. The van der Waals surface area contributed by atoms with E-state index >= 15 is 0 Å². The lowest BCUT2D eigenvalue weighted by Crippen LogP contribution is -2.21. The second kappa shape index (κ2) is 5.67. The summed E-state index contributed by atoms with van der Waals surface area (Å²) in [5, 5.41) is 13.8. The van der Waals surface area contributed by atoms with Gasteiger partial charge in [0, 0.05) is 15.9 Å². The van der Waals surface area contributed by atoms with Gasteiger partial charge in [0.25, 0.3) is 5.91 Å². The molecule has 0 radical (unpaired) electrons. The first-order valence-corrected chi connectivity index (χ1v) is 7.90. The number of carboxylic acid groups (broad SMARTS) is 1. The number of fused-ring (bicyclic) bond motifs is 1. The Morgan fingerprint density at radius 3 is 2.76 bits per heavy atom. The van der Waals surface area contributed by atoms with Gasteiger partial charge in [-0.15, -0.1) is 22.7 Å². The quantitative estimate of drug-likeness (QED) is 0.773. The molecule has 1 amide bonds. The molecule has 21 heavy (non-hydrogen) atoms. The lowest BCUT2D eigenvalue weighted by molar-refractivity contribution is 0.0696. The molecule has 0 aliphatic rings. The van der Waals surface area contributed by atoms with Gasteiger partial charge in [-0.3, -0.25) is 4.79 Å². The molecule has 2 N–H and O–H groups in total. The molecule has 2 heterocycles. The van der Waals surface area contributed by atoms with E-state index in [-0.39, 0.29) is 11.5 Å². The first kappa shape index (κ1) is 13.8. The van der Waals surface area contributed by atoms with Crippen LogP contribution >= 0.6 is 22.7 Å². The van der Waals surface area contributed by atoms with Crippen LogP contribution in [0.3, 0.4) is 0 Å². The van der Waals surface area contributed by atoms with Crippen molar-refractivity contribution < 1.29 is 14.7 Å². The minimum absolute atomic E-state index is 0.135. The Morgan fingerprint density at radius 1 is 1.14 bits per heavy atom. The fourth-order valence-corrected chi connectivity index (χ4v) is 3.99. The molecule has 0 saturated heterocycles. The molecule has 4 nitrogen and oxygen atoms in total. The molecule has 1 aromatic carbocycles.